The van der Waals surface area contributed by atoms with Gasteiger partial charge in [0.05, 0.1) is 12.2 Å². The zero-order chi connectivity index (χ0) is 26.7. The lowest BCUT2D eigenvalue weighted by molar-refractivity contribution is -0.115. The van der Waals surface area contributed by atoms with Crippen LogP contribution in [0.3, 0.4) is 0 Å². The van der Waals surface area contributed by atoms with Gasteiger partial charge >= 0.3 is 5.69 Å². The van der Waals surface area contributed by atoms with Gasteiger partial charge in [0, 0.05) is 44.7 Å². The summed E-state index contributed by atoms with van der Waals surface area (Å²) in [4.78, 5) is 58.9. The molecule has 3 N–H and O–H groups in total. The molecule has 196 valence electrons. The highest BCUT2D eigenvalue weighted by Crippen LogP contribution is 2.23. The van der Waals surface area contributed by atoms with Crippen molar-refractivity contribution < 1.29 is 9.59 Å². The Bertz CT molecular complexity index is 1480. The second-order valence-corrected chi connectivity index (χ2v) is 9.22. The molecule has 1 aromatic carbocycles. The number of carbonyl (C=O) groups is 2. The largest absolute Gasteiger partial charge is 0.341 e. The van der Waals surface area contributed by atoms with Crippen LogP contribution in [0.15, 0.2) is 46.0 Å². The zero-order valence-electron chi connectivity index (χ0n) is 21.4. The molecule has 1 aliphatic rings. The van der Waals surface area contributed by atoms with Crippen LogP contribution in [-0.4, -0.2) is 49.5 Å². The molecular weight excluding hydrogens is 474 g/mol. The fraction of sp³-hybridized carbons (Fsp3) is 0.423. The Hall–Kier alpha value is -3.99. The summed E-state index contributed by atoms with van der Waals surface area (Å²) >= 11 is 0. The summed E-state index contributed by atoms with van der Waals surface area (Å²) in [6.45, 7) is 4.84. The van der Waals surface area contributed by atoms with Crippen molar-refractivity contribution in [3.8, 4) is 0 Å². The summed E-state index contributed by atoms with van der Waals surface area (Å²) in [6, 6.07) is 6.55. The number of nitrogens with one attached hydrogen (secondary N) is 1. The van der Waals surface area contributed by atoms with Crippen LogP contribution in [0, 0.1) is 0 Å². The van der Waals surface area contributed by atoms with E-state index in [1.807, 2.05) is 24.0 Å². The van der Waals surface area contributed by atoms with E-state index in [2.05, 4.69) is 5.32 Å². The Morgan fingerprint density at radius 2 is 1.97 bits per heavy atom. The van der Waals surface area contributed by atoms with E-state index in [0.717, 1.165) is 24.0 Å². The van der Waals surface area contributed by atoms with Crippen LogP contribution in [0.1, 0.15) is 43.5 Å². The lowest BCUT2D eigenvalue weighted by Gasteiger charge is -2.31. The number of amides is 1. The number of carbonyl (C=O) groups excluding carboxylic acids is 2. The number of imidazole rings is 1. The molecule has 37 heavy (non-hydrogen) atoms. The highest BCUT2D eigenvalue weighted by Gasteiger charge is 2.26. The molecule has 0 bridgehead atoms. The molecule has 3 heterocycles. The molecule has 11 heteroatoms. The molecule has 2 aromatic heterocycles. The van der Waals surface area contributed by atoms with Gasteiger partial charge in [-0.05, 0) is 31.9 Å². The van der Waals surface area contributed by atoms with Crippen LogP contribution in [0.2, 0.25) is 0 Å². The van der Waals surface area contributed by atoms with Crippen LogP contribution < -0.4 is 27.2 Å². The Morgan fingerprint density at radius 3 is 2.68 bits per heavy atom. The van der Waals surface area contributed by atoms with Crippen LogP contribution in [0.25, 0.3) is 11.2 Å². The Labute approximate surface area is 214 Å². The second-order valence-electron chi connectivity index (χ2n) is 9.22. The first-order valence-corrected chi connectivity index (χ1v) is 12.5. The fourth-order valence-corrected chi connectivity index (χ4v) is 4.62. The Balaban J connectivity index is 1.82. The van der Waals surface area contributed by atoms with E-state index in [1.54, 1.807) is 42.8 Å². The van der Waals surface area contributed by atoms with E-state index in [9.17, 15) is 19.2 Å². The Kier molecular flexibility index (Phi) is 7.72. The predicted molar refractivity (Wildman–Crippen MR) is 143 cm³/mol. The molecule has 0 unspecified atom stereocenters. The highest BCUT2D eigenvalue weighted by molar-refractivity contribution is 6.04. The van der Waals surface area contributed by atoms with E-state index < -0.39 is 23.6 Å². The van der Waals surface area contributed by atoms with Crippen molar-refractivity contribution in [1.29, 1.82) is 0 Å². The van der Waals surface area contributed by atoms with E-state index >= 15 is 0 Å². The third-order valence-electron chi connectivity index (χ3n) is 6.60. The Morgan fingerprint density at radius 1 is 1.22 bits per heavy atom. The number of nitrogens with zero attached hydrogens (tertiary/aromatic N) is 5. The van der Waals surface area contributed by atoms with Crippen molar-refractivity contribution >= 4 is 34.5 Å². The van der Waals surface area contributed by atoms with Crippen molar-refractivity contribution in [3.05, 3.63) is 62.8 Å². The first-order chi connectivity index (χ1) is 17.8. The number of Topliss-reactive ketones (excluding diaryl/α,β-unsaturated/α-hetero) is 1. The van der Waals surface area contributed by atoms with Crippen LogP contribution in [0.4, 0.5) is 11.6 Å². The number of piperidine rings is 1. The number of ketones is 1. The monoisotopic (exact) mass is 507 g/mol. The molecule has 1 fully saturated rings. The van der Waals surface area contributed by atoms with Crippen LogP contribution >= 0.6 is 0 Å². The molecule has 0 radical (unpaired) electrons. The molecule has 0 aliphatic carbocycles. The summed E-state index contributed by atoms with van der Waals surface area (Å²) in [5, 5.41) is 2.70. The molecular formula is C26H33N7O4. The summed E-state index contributed by atoms with van der Waals surface area (Å²) in [5.74, 6) is -0.132. The van der Waals surface area contributed by atoms with Gasteiger partial charge in [-0.25, -0.2) is 4.79 Å². The minimum absolute atomic E-state index is 0.00454. The lowest BCUT2D eigenvalue weighted by Crippen LogP contribution is -2.44. The lowest BCUT2D eigenvalue weighted by atomic mass is 10.1. The fourth-order valence-electron chi connectivity index (χ4n) is 4.62. The van der Waals surface area contributed by atoms with E-state index in [-0.39, 0.29) is 35.1 Å². The third-order valence-corrected chi connectivity index (χ3v) is 6.60. The van der Waals surface area contributed by atoms with Crippen molar-refractivity contribution in [2.24, 2.45) is 12.8 Å². The van der Waals surface area contributed by atoms with E-state index in [4.69, 9.17) is 10.7 Å². The number of aryl methyl sites for hydroxylation is 1. The van der Waals surface area contributed by atoms with E-state index in [1.165, 1.54) is 4.57 Å². The van der Waals surface area contributed by atoms with E-state index in [0.29, 0.717) is 24.7 Å². The van der Waals surface area contributed by atoms with Gasteiger partial charge in [0.25, 0.3) is 5.56 Å². The molecule has 0 spiro atoms. The minimum atomic E-state index is -0.640. The topological polar surface area (TPSA) is 137 Å². The summed E-state index contributed by atoms with van der Waals surface area (Å²) < 4.78 is 4.02. The third kappa shape index (κ3) is 5.12. The first-order valence-electron chi connectivity index (χ1n) is 12.5. The number of aromatic nitrogens is 4. The van der Waals surface area contributed by atoms with Gasteiger partial charge in [-0.3, -0.25) is 23.5 Å². The predicted octanol–water partition coefficient (Wildman–Crippen LogP) is 1.63. The van der Waals surface area contributed by atoms with Gasteiger partial charge in [0.15, 0.2) is 16.9 Å². The molecule has 1 atom stereocenters. The normalized spacial score (nSPS) is 16.0. The molecule has 1 amide bonds. The zero-order valence-corrected chi connectivity index (χ0v) is 21.4. The SMILES string of the molecule is CC=CCn1c(N2CCC[C@H](N)C2)nc2c1c(=O)n(CC(=O)c1ccccc1NC(=O)CC)c(=O)n2C. The van der Waals surface area contributed by atoms with Crippen molar-refractivity contribution in [1.82, 2.24) is 18.7 Å². The molecule has 11 nitrogen and oxygen atoms in total. The number of hydrogen-bond donors (Lipinski definition) is 2. The smallest absolute Gasteiger partial charge is 0.332 e. The van der Waals surface area contributed by atoms with Crippen molar-refractivity contribution in [2.75, 3.05) is 23.3 Å². The maximum atomic E-state index is 13.7. The van der Waals surface area contributed by atoms with Crippen molar-refractivity contribution in [3.63, 3.8) is 0 Å². The van der Waals surface area contributed by atoms with Gasteiger partial charge in [-0.1, -0.05) is 31.2 Å². The number of nitrogens with two attached hydrogens (primary N) is 1. The standard InChI is InChI=1S/C26H33N7O4/c1-4-6-14-32-22-23(29-25(32)31-13-9-10-17(27)15-31)30(3)26(37)33(24(22)36)16-20(34)18-11-7-8-12-19(18)28-21(35)5-2/h4,6-8,11-12,17H,5,9-10,13-16,27H2,1-3H3,(H,28,35)/t17-/m0/s1. The quantitative estimate of drug-likeness (QED) is 0.349. The number of fused-ring (bicyclic) bond motifs is 1. The van der Waals surface area contributed by atoms with Gasteiger partial charge in [0.1, 0.15) is 0 Å². The summed E-state index contributed by atoms with van der Waals surface area (Å²) in [7, 11) is 1.54. The average Bonchev–Trinajstić information content (AvgIpc) is 3.28. The second kappa shape index (κ2) is 11.0. The first kappa shape index (κ1) is 26.1. The highest BCUT2D eigenvalue weighted by atomic mass is 16.2. The average molecular weight is 508 g/mol. The van der Waals surface area contributed by atoms with Crippen molar-refractivity contribution in [2.45, 2.75) is 52.2 Å². The van der Waals surface area contributed by atoms with Crippen LogP contribution in [-0.2, 0) is 24.9 Å². The molecule has 3 aromatic rings. The summed E-state index contributed by atoms with van der Waals surface area (Å²) in [5.41, 5.74) is 6.04. The number of anilines is 2. The molecule has 1 aliphatic heterocycles. The van der Waals surface area contributed by atoms with Gasteiger partial charge in [-0.15, -0.1) is 0 Å². The minimum Gasteiger partial charge on any atom is -0.341 e. The van der Waals surface area contributed by atoms with Gasteiger partial charge < -0.3 is 20.5 Å². The molecule has 0 saturated carbocycles. The molecule has 1 saturated heterocycles. The van der Waals surface area contributed by atoms with Gasteiger partial charge in [-0.2, -0.15) is 4.98 Å². The number of benzene rings is 1. The maximum Gasteiger partial charge on any atom is 0.332 e. The maximum absolute atomic E-state index is 13.7. The van der Waals surface area contributed by atoms with Crippen LogP contribution in [0.5, 0.6) is 0 Å². The number of allylic oxidation sites excluding steroid dienone is 2. The molecule has 4 rings (SSSR count). The summed E-state index contributed by atoms with van der Waals surface area (Å²) in [6.07, 6.45) is 5.85. The number of hydrogen-bond acceptors (Lipinski definition) is 7. The number of para-hydroxylation sites is 1. The van der Waals surface area contributed by atoms with Gasteiger partial charge in [0.2, 0.25) is 11.9 Å². The number of rotatable bonds is 8.